The summed E-state index contributed by atoms with van der Waals surface area (Å²) in [4.78, 5) is 0. The second kappa shape index (κ2) is 6.54. The number of aryl methyl sites for hydroxylation is 1. The smallest absolute Gasteiger partial charge is 0.119 e. The molecule has 2 nitrogen and oxygen atoms in total. The van der Waals surface area contributed by atoms with E-state index in [-0.39, 0.29) is 6.10 Å². The first-order valence-corrected chi connectivity index (χ1v) is 6.10. The van der Waals surface area contributed by atoms with E-state index in [1.165, 1.54) is 11.1 Å². The summed E-state index contributed by atoms with van der Waals surface area (Å²) < 4.78 is 5.70. The molecule has 0 aliphatic carbocycles. The fraction of sp³-hybridized carbons (Fsp3) is 0.571. The van der Waals surface area contributed by atoms with Crippen molar-refractivity contribution in [1.82, 2.24) is 5.32 Å². The van der Waals surface area contributed by atoms with Gasteiger partial charge in [-0.1, -0.05) is 13.0 Å². The van der Waals surface area contributed by atoms with Crippen LogP contribution in [0.4, 0.5) is 0 Å². The molecule has 0 saturated carbocycles. The van der Waals surface area contributed by atoms with Crippen LogP contribution in [0.5, 0.6) is 5.75 Å². The minimum atomic E-state index is 0.243. The molecule has 1 aromatic carbocycles. The van der Waals surface area contributed by atoms with Crippen molar-refractivity contribution in [1.29, 1.82) is 0 Å². The van der Waals surface area contributed by atoms with E-state index in [4.69, 9.17) is 4.74 Å². The zero-order chi connectivity index (χ0) is 12.0. The molecule has 16 heavy (non-hydrogen) atoms. The predicted molar refractivity (Wildman–Crippen MR) is 69.2 cm³/mol. The van der Waals surface area contributed by atoms with E-state index in [0.29, 0.717) is 0 Å². The molecule has 0 heterocycles. The molecule has 0 unspecified atom stereocenters. The van der Waals surface area contributed by atoms with Crippen molar-refractivity contribution < 1.29 is 4.74 Å². The first-order valence-electron chi connectivity index (χ1n) is 6.10. The van der Waals surface area contributed by atoms with Crippen LogP contribution in [0.25, 0.3) is 0 Å². The Morgan fingerprint density at radius 1 is 1.25 bits per heavy atom. The van der Waals surface area contributed by atoms with Crippen molar-refractivity contribution in [2.75, 3.05) is 13.6 Å². The molecule has 0 fully saturated rings. The molecule has 90 valence electrons. The average Bonchev–Trinajstić information content (AvgIpc) is 2.26. The van der Waals surface area contributed by atoms with Gasteiger partial charge in [0.05, 0.1) is 6.10 Å². The molecule has 0 saturated heterocycles. The summed E-state index contributed by atoms with van der Waals surface area (Å²) >= 11 is 0. The number of nitrogens with one attached hydrogen (secondary N) is 1. The first-order chi connectivity index (χ1) is 7.67. The SMILES string of the molecule is CCc1cc(OC(C)C)ccc1CCNC. The lowest BCUT2D eigenvalue weighted by molar-refractivity contribution is 0.242. The highest BCUT2D eigenvalue weighted by atomic mass is 16.5. The van der Waals surface area contributed by atoms with Crippen LogP contribution < -0.4 is 10.1 Å². The average molecular weight is 221 g/mol. The fourth-order valence-electron chi connectivity index (χ4n) is 1.78. The van der Waals surface area contributed by atoms with Gasteiger partial charge in [0.25, 0.3) is 0 Å². The molecular formula is C14H23NO. The Balaban J connectivity index is 2.79. The monoisotopic (exact) mass is 221 g/mol. The maximum absolute atomic E-state index is 5.70. The third-order valence-corrected chi connectivity index (χ3v) is 2.57. The molecule has 1 aromatic rings. The van der Waals surface area contributed by atoms with Gasteiger partial charge >= 0.3 is 0 Å². The zero-order valence-electron chi connectivity index (χ0n) is 10.8. The standard InChI is InChI=1S/C14H23NO/c1-5-12-10-14(16-11(2)3)7-6-13(12)8-9-15-4/h6-7,10-11,15H,5,8-9H2,1-4H3. The summed E-state index contributed by atoms with van der Waals surface area (Å²) in [7, 11) is 1.99. The minimum absolute atomic E-state index is 0.243. The van der Waals surface area contributed by atoms with Crippen LogP contribution in [0, 0.1) is 0 Å². The Morgan fingerprint density at radius 2 is 2.00 bits per heavy atom. The van der Waals surface area contributed by atoms with Crippen LogP contribution in [-0.4, -0.2) is 19.7 Å². The van der Waals surface area contributed by atoms with E-state index in [0.717, 1.165) is 25.1 Å². The molecule has 0 radical (unpaired) electrons. The van der Waals surface area contributed by atoms with Crippen LogP contribution in [0.3, 0.4) is 0 Å². The van der Waals surface area contributed by atoms with Crippen LogP contribution in [0.1, 0.15) is 31.9 Å². The first kappa shape index (κ1) is 13.0. The maximum Gasteiger partial charge on any atom is 0.119 e. The molecule has 0 spiro atoms. The molecule has 0 amide bonds. The highest BCUT2D eigenvalue weighted by Gasteiger charge is 2.04. The van der Waals surface area contributed by atoms with Gasteiger partial charge in [0.2, 0.25) is 0 Å². The normalized spacial score (nSPS) is 10.8. The molecule has 1 rings (SSSR count). The molecule has 0 aliphatic rings. The summed E-state index contributed by atoms with van der Waals surface area (Å²) in [6.07, 6.45) is 2.39. The third kappa shape index (κ3) is 3.86. The Hall–Kier alpha value is -1.02. The van der Waals surface area contributed by atoms with Gasteiger partial charge in [-0.05, 0) is 63.5 Å². The summed E-state index contributed by atoms with van der Waals surface area (Å²) in [5.74, 6) is 0.986. The Kier molecular flexibility index (Phi) is 5.33. The molecule has 2 heteroatoms. The quantitative estimate of drug-likeness (QED) is 0.797. The number of hydrogen-bond donors (Lipinski definition) is 1. The van der Waals surface area contributed by atoms with Gasteiger partial charge in [0.15, 0.2) is 0 Å². The Morgan fingerprint density at radius 3 is 2.56 bits per heavy atom. The minimum Gasteiger partial charge on any atom is -0.491 e. The summed E-state index contributed by atoms with van der Waals surface area (Å²) in [6.45, 7) is 7.33. The molecule has 0 bridgehead atoms. The van der Waals surface area contributed by atoms with Gasteiger partial charge in [-0.25, -0.2) is 0 Å². The second-order valence-corrected chi connectivity index (χ2v) is 4.30. The molecule has 0 aromatic heterocycles. The van der Waals surface area contributed by atoms with Crippen molar-refractivity contribution >= 4 is 0 Å². The van der Waals surface area contributed by atoms with E-state index in [1.54, 1.807) is 0 Å². The van der Waals surface area contributed by atoms with E-state index in [2.05, 4.69) is 44.3 Å². The Labute approximate surface area is 99.0 Å². The van der Waals surface area contributed by atoms with Gasteiger partial charge in [0, 0.05) is 0 Å². The molecule has 1 N–H and O–H groups in total. The van der Waals surface area contributed by atoms with Gasteiger partial charge in [-0.15, -0.1) is 0 Å². The summed E-state index contributed by atoms with van der Waals surface area (Å²) in [5, 5.41) is 3.18. The van der Waals surface area contributed by atoms with Gasteiger partial charge in [0.1, 0.15) is 5.75 Å². The second-order valence-electron chi connectivity index (χ2n) is 4.30. The highest BCUT2D eigenvalue weighted by Crippen LogP contribution is 2.20. The lowest BCUT2D eigenvalue weighted by Crippen LogP contribution is -2.12. The third-order valence-electron chi connectivity index (χ3n) is 2.57. The van der Waals surface area contributed by atoms with Crippen molar-refractivity contribution in [3.8, 4) is 5.75 Å². The van der Waals surface area contributed by atoms with Crippen LogP contribution in [-0.2, 0) is 12.8 Å². The van der Waals surface area contributed by atoms with E-state index in [9.17, 15) is 0 Å². The van der Waals surface area contributed by atoms with E-state index >= 15 is 0 Å². The van der Waals surface area contributed by atoms with Crippen LogP contribution >= 0.6 is 0 Å². The van der Waals surface area contributed by atoms with Crippen LogP contribution in [0.15, 0.2) is 18.2 Å². The van der Waals surface area contributed by atoms with E-state index in [1.807, 2.05) is 7.05 Å². The number of hydrogen-bond acceptors (Lipinski definition) is 2. The maximum atomic E-state index is 5.70. The van der Waals surface area contributed by atoms with Gasteiger partial charge in [-0.3, -0.25) is 0 Å². The van der Waals surface area contributed by atoms with Gasteiger partial charge in [-0.2, -0.15) is 0 Å². The van der Waals surface area contributed by atoms with Crippen LogP contribution in [0.2, 0.25) is 0 Å². The zero-order valence-corrected chi connectivity index (χ0v) is 10.8. The largest absolute Gasteiger partial charge is 0.491 e. The number of benzene rings is 1. The molecular weight excluding hydrogens is 198 g/mol. The van der Waals surface area contributed by atoms with E-state index < -0.39 is 0 Å². The number of likely N-dealkylation sites (N-methyl/N-ethyl adjacent to an activating group) is 1. The fourth-order valence-corrected chi connectivity index (χ4v) is 1.78. The Bertz CT molecular complexity index is 321. The van der Waals surface area contributed by atoms with Crippen molar-refractivity contribution in [3.05, 3.63) is 29.3 Å². The topological polar surface area (TPSA) is 21.3 Å². The lowest BCUT2D eigenvalue weighted by atomic mass is 10.0. The predicted octanol–water partition coefficient (Wildman–Crippen LogP) is 2.80. The molecule has 0 atom stereocenters. The molecule has 0 aliphatic heterocycles. The van der Waals surface area contributed by atoms with Crippen molar-refractivity contribution in [2.24, 2.45) is 0 Å². The number of rotatable bonds is 6. The lowest BCUT2D eigenvalue weighted by Gasteiger charge is -2.13. The highest BCUT2D eigenvalue weighted by molar-refractivity contribution is 5.36. The summed E-state index contributed by atoms with van der Waals surface area (Å²) in [6, 6.07) is 6.43. The van der Waals surface area contributed by atoms with Crippen molar-refractivity contribution in [3.63, 3.8) is 0 Å². The van der Waals surface area contributed by atoms with Crippen molar-refractivity contribution in [2.45, 2.75) is 39.7 Å². The summed E-state index contributed by atoms with van der Waals surface area (Å²) in [5.41, 5.74) is 2.82. The number of ether oxygens (including phenoxy) is 1. The van der Waals surface area contributed by atoms with Gasteiger partial charge < -0.3 is 10.1 Å².